The Morgan fingerprint density at radius 3 is 2.58 bits per heavy atom. The van der Waals surface area contributed by atoms with Gasteiger partial charge in [-0.05, 0) is 18.2 Å². The molecule has 0 bridgehead atoms. The van der Waals surface area contributed by atoms with Gasteiger partial charge in [0.05, 0.1) is 11.2 Å². The van der Waals surface area contributed by atoms with Gasteiger partial charge in [-0.15, -0.1) is 0 Å². The van der Waals surface area contributed by atoms with Crippen LogP contribution in [0.25, 0.3) is 22.2 Å². The molecule has 0 amide bonds. The third kappa shape index (κ3) is 1.55. The first-order valence-corrected chi connectivity index (χ1v) is 5.90. The number of fused-ring (bicyclic) bond motifs is 1. The Hall–Kier alpha value is -2.56. The van der Waals surface area contributed by atoms with Gasteiger partial charge in [-0.2, -0.15) is 5.10 Å². The van der Waals surface area contributed by atoms with Crippen LogP contribution >= 0.6 is 0 Å². The minimum atomic E-state index is -0.236. The molecule has 0 aliphatic carbocycles. The minimum Gasteiger partial charge on any atom is -0.506 e. The summed E-state index contributed by atoms with van der Waals surface area (Å²) in [6.45, 7) is 0. The van der Waals surface area contributed by atoms with E-state index in [4.69, 9.17) is 0 Å². The van der Waals surface area contributed by atoms with Gasteiger partial charge in [0.2, 0.25) is 0 Å². The van der Waals surface area contributed by atoms with Gasteiger partial charge in [0.15, 0.2) is 0 Å². The first kappa shape index (κ1) is 11.5. The average Bonchev–Trinajstić information content (AvgIpc) is 2.83. The third-order valence-corrected chi connectivity index (χ3v) is 3.35. The van der Waals surface area contributed by atoms with Gasteiger partial charge < -0.3 is 9.67 Å². The van der Waals surface area contributed by atoms with Crippen LogP contribution in [-0.4, -0.2) is 19.5 Å². The number of hydrogen-bond donors (Lipinski definition) is 1. The SMILES string of the molecule is Cn1nccc1-c1c(O)c2ccccc2n(C)c1=O. The highest BCUT2D eigenvalue weighted by Gasteiger charge is 2.18. The fourth-order valence-corrected chi connectivity index (χ4v) is 2.33. The first-order chi connectivity index (χ1) is 9.11. The standard InChI is InChI=1S/C14H13N3O2/c1-16-10-6-4-3-5-9(10)13(18)12(14(16)19)11-7-8-15-17(11)2/h3-8,18H,1-2H3. The summed E-state index contributed by atoms with van der Waals surface area (Å²) in [6.07, 6.45) is 1.60. The number of rotatable bonds is 1. The molecule has 3 aromatic rings. The Labute approximate surface area is 109 Å². The molecular formula is C14H13N3O2. The molecule has 0 radical (unpaired) electrons. The molecule has 5 nitrogen and oxygen atoms in total. The van der Waals surface area contributed by atoms with E-state index in [-0.39, 0.29) is 16.9 Å². The summed E-state index contributed by atoms with van der Waals surface area (Å²) in [6, 6.07) is 8.99. The summed E-state index contributed by atoms with van der Waals surface area (Å²) in [7, 11) is 3.44. The Kier molecular flexibility index (Phi) is 2.41. The van der Waals surface area contributed by atoms with E-state index in [1.807, 2.05) is 18.2 Å². The zero-order chi connectivity index (χ0) is 13.6. The van der Waals surface area contributed by atoms with E-state index in [0.29, 0.717) is 16.6 Å². The first-order valence-electron chi connectivity index (χ1n) is 5.90. The summed E-state index contributed by atoms with van der Waals surface area (Å²) in [5.41, 5.74) is 1.35. The van der Waals surface area contributed by atoms with Crippen LogP contribution < -0.4 is 5.56 Å². The van der Waals surface area contributed by atoms with Crippen molar-refractivity contribution in [2.45, 2.75) is 0 Å². The number of aromatic hydroxyl groups is 1. The van der Waals surface area contributed by atoms with E-state index in [9.17, 15) is 9.90 Å². The van der Waals surface area contributed by atoms with E-state index in [1.165, 1.54) is 4.57 Å². The van der Waals surface area contributed by atoms with Crippen LogP contribution in [0.1, 0.15) is 0 Å². The lowest BCUT2D eigenvalue weighted by Gasteiger charge is -2.11. The molecule has 3 rings (SSSR count). The fourth-order valence-electron chi connectivity index (χ4n) is 2.33. The van der Waals surface area contributed by atoms with E-state index < -0.39 is 0 Å². The van der Waals surface area contributed by atoms with Crippen LogP contribution in [0, 0.1) is 0 Å². The van der Waals surface area contributed by atoms with Crippen molar-refractivity contribution < 1.29 is 5.11 Å². The molecule has 0 aliphatic rings. The number of benzene rings is 1. The monoisotopic (exact) mass is 255 g/mol. The summed E-state index contributed by atoms with van der Waals surface area (Å²) in [5, 5.41) is 15.1. The molecule has 0 aliphatic heterocycles. The number of hydrogen-bond acceptors (Lipinski definition) is 3. The molecule has 0 unspecified atom stereocenters. The van der Waals surface area contributed by atoms with E-state index in [1.54, 1.807) is 37.1 Å². The summed E-state index contributed by atoms with van der Waals surface area (Å²) >= 11 is 0. The zero-order valence-electron chi connectivity index (χ0n) is 10.7. The van der Waals surface area contributed by atoms with Crippen molar-refractivity contribution in [2.75, 3.05) is 0 Å². The van der Waals surface area contributed by atoms with Gasteiger partial charge in [-0.1, -0.05) is 12.1 Å². The molecule has 19 heavy (non-hydrogen) atoms. The normalized spacial score (nSPS) is 11.1. The lowest BCUT2D eigenvalue weighted by atomic mass is 10.1. The Morgan fingerprint density at radius 2 is 1.89 bits per heavy atom. The quantitative estimate of drug-likeness (QED) is 0.719. The maximum Gasteiger partial charge on any atom is 0.264 e. The Bertz CT molecular complexity index is 830. The molecule has 2 aromatic heterocycles. The van der Waals surface area contributed by atoms with Crippen molar-refractivity contribution in [2.24, 2.45) is 14.1 Å². The molecule has 0 saturated heterocycles. The summed E-state index contributed by atoms with van der Waals surface area (Å²) in [5.74, 6) is 0.00213. The van der Waals surface area contributed by atoms with Gasteiger partial charge in [0.1, 0.15) is 11.3 Å². The number of pyridine rings is 1. The van der Waals surface area contributed by atoms with Crippen molar-refractivity contribution in [3.63, 3.8) is 0 Å². The predicted octanol–water partition coefficient (Wildman–Crippen LogP) is 1.64. The summed E-state index contributed by atoms with van der Waals surface area (Å²) in [4.78, 5) is 12.4. The van der Waals surface area contributed by atoms with Crippen LogP contribution in [0.15, 0.2) is 41.3 Å². The van der Waals surface area contributed by atoms with Crippen LogP contribution in [-0.2, 0) is 14.1 Å². The van der Waals surface area contributed by atoms with Crippen molar-refractivity contribution in [1.29, 1.82) is 0 Å². The van der Waals surface area contributed by atoms with Gasteiger partial charge in [-0.3, -0.25) is 9.48 Å². The van der Waals surface area contributed by atoms with E-state index in [0.717, 1.165) is 0 Å². The molecule has 1 N–H and O–H groups in total. The number of para-hydroxylation sites is 1. The molecular weight excluding hydrogens is 242 g/mol. The number of nitrogens with zero attached hydrogens (tertiary/aromatic N) is 3. The highest BCUT2D eigenvalue weighted by molar-refractivity contribution is 5.91. The largest absolute Gasteiger partial charge is 0.506 e. The van der Waals surface area contributed by atoms with Crippen molar-refractivity contribution in [3.05, 3.63) is 46.9 Å². The van der Waals surface area contributed by atoms with Crippen LogP contribution in [0.4, 0.5) is 0 Å². The molecule has 0 saturated carbocycles. The van der Waals surface area contributed by atoms with Crippen LogP contribution in [0.2, 0.25) is 0 Å². The smallest absolute Gasteiger partial charge is 0.264 e. The molecule has 96 valence electrons. The van der Waals surface area contributed by atoms with E-state index in [2.05, 4.69) is 5.10 Å². The van der Waals surface area contributed by atoms with E-state index >= 15 is 0 Å². The fraction of sp³-hybridized carbons (Fsp3) is 0.143. The van der Waals surface area contributed by atoms with Gasteiger partial charge >= 0.3 is 0 Å². The van der Waals surface area contributed by atoms with Crippen molar-refractivity contribution in [3.8, 4) is 17.0 Å². The van der Waals surface area contributed by atoms with Gasteiger partial charge in [-0.25, -0.2) is 0 Å². The lowest BCUT2D eigenvalue weighted by Crippen LogP contribution is -2.20. The molecule has 1 aromatic carbocycles. The van der Waals surface area contributed by atoms with Gasteiger partial charge in [0.25, 0.3) is 5.56 Å². The predicted molar refractivity (Wildman–Crippen MR) is 73.1 cm³/mol. The molecule has 0 spiro atoms. The topological polar surface area (TPSA) is 60.0 Å². The maximum atomic E-state index is 12.4. The molecule has 5 heteroatoms. The maximum absolute atomic E-state index is 12.4. The molecule has 0 fully saturated rings. The number of aromatic nitrogens is 3. The molecule has 0 atom stereocenters. The van der Waals surface area contributed by atoms with Gasteiger partial charge in [0, 0.05) is 25.7 Å². The molecule has 2 heterocycles. The Morgan fingerprint density at radius 1 is 1.16 bits per heavy atom. The average molecular weight is 255 g/mol. The highest BCUT2D eigenvalue weighted by atomic mass is 16.3. The minimum absolute atomic E-state index is 0.00213. The third-order valence-electron chi connectivity index (χ3n) is 3.35. The van der Waals surface area contributed by atoms with Crippen molar-refractivity contribution >= 4 is 10.9 Å². The summed E-state index contributed by atoms with van der Waals surface area (Å²) < 4.78 is 3.11. The zero-order valence-corrected chi connectivity index (χ0v) is 10.7. The second kappa shape index (κ2) is 3.98. The lowest BCUT2D eigenvalue weighted by molar-refractivity contribution is 0.481. The van der Waals surface area contributed by atoms with Crippen molar-refractivity contribution in [1.82, 2.24) is 14.3 Å². The van der Waals surface area contributed by atoms with Crippen LogP contribution in [0.3, 0.4) is 0 Å². The Balaban J connectivity index is 2.51. The second-order valence-corrected chi connectivity index (χ2v) is 4.44. The number of aryl methyl sites for hydroxylation is 2. The second-order valence-electron chi connectivity index (χ2n) is 4.44. The highest BCUT2D eigenvalue weighted by Crippen LogP contribution is 2.31. The van der Waals surface area contributed by atoms with Crippen LogP contribution in [0.5, 0.6) is 5.75 Å².